The number of benzene rings is 2. The molecule has 46 heavy (non-hydrogen) atoms. The van der Waals surface area contributed by atoms with Gasteiger partial charge >= 0.3 is 11.9 Å². The van der Waals surface area contributed by atoms with Gasteiger partial charge in [0.15, 0.2) is 0 Å². The average Bonchev–Trinajstić information content (AvgIpc) is 3.40. The van der Waals surface area contributed by atoms with Gasteiger partial charge in [0.05, 0.1) is 24.5 Å². The van der Waals surface area contributed by atoms with Crippen LogP contribution in [0.2, 0.25) is 0 Å². The Kier molecular flexibility index (Phi) is 10.4. The number of rotatable bonds is 9. The summed E-state index contributed by atoms with van der Waals surface area (Å²) in [5.74, 6) is -3.03. The molecular formula is C36H40N2O6S2. The quantitative estimate of drug-likeness (QED) is 0.122. The molecule has 0 radical (unpaired) electrons. The smallest absolute Gasteiger partial charge is 0.341 e. The molecule has 0 aliphatic heterocycles. The molecular weight excluding hydrogens is 621 g/mol. The van der Waals surface area contributed by atoms with Crippen LogP contribution in [0.3, 0.4) is 0 Å². The second-order valence-corrected chi connectivity index (χ2v) is 15.2. The van der Waals surface area contributed by atoms with Crippen LogP contribution >= 0.6 is 23.1 Å². The van der Waals surface area contributed by atoms with Crippen molar-refractivity contribution >= 4 is 57.5 Å². The first-order chi connectivity index (χ1) is 22.0. The summed E-state index contributed by atoms with van der Waals surface area (Å²) < 4.78 is 5.17. The second-order valence-electron chi connectivity index (χ2n) is 12.9. The fourth-order valence-electron chi connectivity index (χ4n) is 6.20. The predicted octanol–water partition coefficient (Wildman–Crippen LogP) is 7.76. The van der Waals surface area contributed by atoms with Crippen LogP contribution in [-0.2, 0) is 32.0 Å². The van der Waals surface area contributed by atoms with E-state index in [4.69, 9.17) is 4.74 Å². The molecule has 3 N–H and O–H groups in total. The highest BCUT2D eigenvalue weighted by Crippen LogP contribution is 2.45. The van der Waals surface area contributed by atoms with Crippen LogP contribution in [-0.4, -0.2) is 36.0 Å². The van der Waals surface area contributed by atoms with Crippen molar-refractivity contribution in [1.29, 1.82) is 0 Å². The number of esters is 1. The molecule has 2 aliphatic carbocycles. The normalized spacial score (nSPS) is 19.9. The lowest BCUT2D eigenvalue weighted by Gasteiger charge is -2.33. The van der Waals surface area contributed by atoms with Gasteiger partial charge in [-0.3, -0.25) is 14.4 Å². The van der Waals surface area contributed by atoms with Crippen LogP contribution in [0.25, 0.3) is 0 Å². The summed E-state index contributed by atoms with van der Waals surface area (Å²) in [7, 11) is 1.36. The molecule has 4 unspecified atom stereocenters. The van der Waals surface area contributed by atoms with Gasteiger partial charge in [-0.1, -0.05) is 69.3 Å². The molecule has 4 atom stereocenters. The van der Waals surface area contributed by atoms with E-state index in [-0.39, 0.29) is 17.2 Å². The topological polar surface area (TPSA) is 122 Å². The van der Waals surface area contributed by atoms with Crippen molar-refractivity contribution in [2.24, 2.45) is 23.2 Å². The zero-order chi connectivity index (χ0) is 33.0. The van der Waals surface area contributed by atoms with E-state index in [1.807, 2.05) is 42.5 Å². The first-order valence-electron chi connectivity index (χ1n) is 15.5. The van der Waals surface area contributed by atoms with Crippen molar-refractivity contribution in [2.75, 3.05) is 17.7 Å². The summed E-state index contributed by atoms with van der Waals surface area (Å²) in [6, 6.07) is 16.6. The van der Waals surface area contributed by atoms with E-state index >= 15 is 0 Å². The summed E-state index contributed by atoms with van der Waals surface area (Å²) in [6.45, 7) is 6.72. The lowest BCUT2D eigenvalue weighted by molar-refractivity contribution is -0.146. The van der Waals surface area contributed by atoms with Crippen molar-refractivity contribution in [3.63, 3.8) is 0 Å². The van der Waals surface area contributed by atoms with Gasteiger partial charge in [-0.15, -0.1) is 23.1 Å². The van der Waals surface area contributed by atoms with E-state index in [0.29, 0.717) is 35.0 Å². The number of nitrogens with one attached hydrogen (secondary N) is 2. The fourth-order valence-corrected chi connectivity index (χ4v) is 8.61. The Hall–Kier alpha value is -3.89. The number of ether oxygens (including phenoxy) is 1. The summed E-state index contributed by atoms with van der Waals surface area (Å²) >= 11 is 2.79. The number of hydrogen-bond acceptors (Lipinski definition) is 7. The van der Waals surface area contributed by atoms with Gasteiger partial charge in [0, 0.05) is 15.5 Å². The monoisotopic (exact) mass is 660 g/mol. The standard InChI is InChI=1S/C36H40N2O6S2/c1-36(2,3)22-17-18-27-28(19-22)46-33(29(27)35(43)44-4)38-32(40)30(21-11-6-5-7-12-21)45-24-14-10-13-23(20-24)37-31(39)25-15-8-9-16-26(25)34(41)42/h5-14,20,22,25-26,30H,15-19H2,1-4H3,(H,37,39)(H,38,40)(H,41,42). The van der Waals surface area contributed by atoms with E-state index in [2.05, 4.69) is 31.4 Å². The predicted molar refractivity (Wildman–Crippen MR) is 182 cm³/mol. The molecule has 1 heterocycles. The van der Waals surface area contributed by atoms with Crippen LogP contribution in [0, 0.1) is 23.2 Å². The van der Waals surface area contributed by atoms with Crippen molar-refractivity contribution in [3.05, 3.63) is 88.3 Å². The van der Waals surface area contributed by atoms with Gasteiger partial charge in [0.2, 0.25) is 11.8 Å². The summed E-state index contributed by atoms with van der Waals surface area (Å²) in [4.78, 5) is 53.8. The third kappa shape index (κ3) is 7.56. The molecule has 2 aliphatic rings. The number of thioether (sulfide) groups is 1. The zero-order valence-corrected chi connectivity index (χ0v) is 28.1. The summed E-state index contributed by atoms with van der Waals surface area (Å²) in [6.07, 6.45) is 6.91. The number of allylic oxidation sites excluding steroid dienone is 2. The van der Waals surface area contributed by atoms with Crippen LogP contribution in [0.1, 0.15) is 71.6 Å². The number of methoxy groups -OCH3 is 1. The Morgan fingerprint density at radius 2 is 1.70 bits per heavy atom. The molecule has 0 spiro atoms. The molecule has 5 rings (SSSR count). The molecule has 2 aromatic carbocycles. The van der Waals surface area contributed by atoms with E-state index in [1.54, 1.807) is 24.3 Å². The Bertz CT molecular complexity index is 1640. The summed E-state index contributed by atoms with van der Waals surface area (Å²) in [5.41, 5.74) is 2.85. The minimum absolute atomic E-state index is 0.130. The number of carbonyl (C=O) groups excluding carboxylic acids is 3. The van der Waals surface area contributed by atoms with Crippen molar-refractivity contribution in [3.8, 4) is 0 Å². The van der Waals surface area contributed by atoms with Crippen LogP contribution in [0.5, 0.6) is 0 Å². The number of amides is 2. The van der Waals surface area contributed by atoms with Crippen molar-refractivity contribution < 1.29 is 29.0 Å². The molecule has 242 valence electrons. The number of fused-ring (bicyclic) bond motifs is 1. The summed E-state index contributed by atoms with van der Waals surface area (Å²) in [5, 5.41) is 15.4. The number of carboxylic acid groups (broad SMARTS) is 1. The zero-order valence-electron chi connectivity index (χ0n) is 26.5. The molecule has 1 aromatic heterocycles. The largest absolute Gasteiger partial charge is 0.481 e. The Morgan fingerprint density at radius 3 is 2.37 bits per heavy atom. The van der Waals surface area contributed by atoms with Crippen LogP contribution in [0.15, 0.2) is 71.6 Å². The number of carbonyl (C=O) groups is 4. The van der Waals surface area contributed by atoms with Crippen molar-refractivity contribution in [2.45, 2.75) is 63.0 Å². The molecule has 10 heteroatoms. The number of carboxylic acids is 1. The number of anilines is 2. The highest BCUT2D eigenvalue weighted by Gasteiger charge is 2.36. The molecule has 0 saturated carbocycles. The molecule has 8 nitrogen and oxygen atoms in total. The van der Waals surface area contributed by atoms with Gasteiger partial charge in [-0.05, 0) is 72.8 Å². The lowest BCUT2D eigenvalue weighted by Crippen LogP contribution is -2.34. The maximum atomic E-state index is 14.1. The van der Waals surface area contributed by atoms with Crippen LogP contribution in [0.4, 0.5) is 10.7 Å². The minimum Gasteiger partial charge on any atom is -0.481 e. The number of hydrogen-bond donors (Lipinski definition) is 3. The van der Waals surface area contributed by atoms with Crippen LogP contribution < -0.4 is 10.6 Å². The molecule has 0 bridgehead atoms. The first kappa shape index (κ1) is 33.5. The van der Waals surface area contributed by atoms with E-state index in [9.17, 15) is 24.3 Å². The van der Waals surface area contributed by atoms with E-state index in [1.165, 1.54) is 30.2 Å². The Balaban J connectivity index is 1.39. The number of thiophene rings is 1. The first-order valence-corrected chi connectivity index (χ1v) is 17.2. The third-order valence-electron chi connectivity index (χ3n) is 8.90. The van der Waals surface area contributed by atoms with Gasteiger partial charge in [0.1, 0.15) is 10.3 Å². The molecule has 0 fully saturated rings. The second kappa shape index (κ2) is 14.3. The molecule has 0 saturated heterocycles. The van der Waals surface area contributed by atoms with E-state index < -0.39 is 29.0 Å². The van der Waals surface area contributed by atoms with Gasteiger partial charge in [-0.25, -0.2) is 4.79 Å². The highest BCUT2D eigenvalue weighted by atomic mass is 32.2. The van der Waals surface area contributed by atoms with Gasteiger partial charge in [0.25, 0.3) is 0 Å². The maximum absolute atomic E-state index is 14.1. The highest BCUT2D eigenvalue weighted by molar-refractivity contribution is 8.00. The van der Waals surface area contributed by atoms with Gasteiger partial charge < -0.3 is 20.5 Å². The fraction of sp³-hybridized carbons (Fsp3) is 0.389. The SMILES string of the molecule is COC(=O)c1c(NC(=O)C(Sc2cccc(NC(=O)C3CC=CCC3C(=O)O)c2)c2ccccc2)sc2c1CCC(C(C)(C)C)C2. The minimum atomic E-state index is -0.985. The molecule has 2 amide bonds. The average molecular weight is 661 g/mol. The van der Waals surface area contributed by atoms with Crippen molar-refractivity contribution in [1.82, 2.24) is 0 Å². The lowest BCUT2D eigenvalue weighted by atomic mass is 9.72. The number of aliphatic carboxylic acids is 1. The Morgan fingerprint density at radius 1 is 0.978 bits per heavy atom. The molecule has 3 aromatic rings. The van der Waals surface area contributed by atoms with E-state index in [0.717, 1.165) is 40.2 Å². The Labute approximate surface area is 278 Å². The third-order valence-corrected chi connectivity index (χ3v) is 11.3. The van der Waals surface area contributed by atoms with Gasteiger partial charge in [-0.2, -0.15) is 0 Å². The maximum Gasteiger partial charge on any atom is 0.341 e.